The second-order valence-corrected chi connectivity index (χ2v) is 8.10. The van der Waals surface area contributed by atoms with Crippen molar-refractivity contribution in [3.05, 3.63) is 28.7 Å². The van der Waals surface area contributed by atoms with Gasteiger partial charge in [-0.1, -0.05) is 15.9 Å². The summed E-state index contributed by atoms with van der Waals surface area (Å²) in [4.78, 5) is 0.383. The van der Waals surface area contributed by atoms with Crippen molar-refractivity contribution in [3.63, 3.8) is 0 Å². The van der Waals surface area contributed by atoms with Crippen LogP contribution >= 0.6 is 28.3 Å². The lowest BCUT2D eigenvalue weighted by Crippen LogP contribution is -2.39. The molecule has 2 aliphatic heterocycles. The van der Waals surface area contributed by atoms with Gasteiger partial charge in [0.25, 0.3) is 0 Å². The molecule has 112 valence electrons. The summed E-state index contributed by atoms with van der Waals surface area (Å²) < 4.78 is 27.7. The van der Waals surface area contributed by atoms with Gasteiger partial charge in [-0.05, 0) is 43.5 Å². The Balaban J connectivity index is 0.00000147. The van der Waals surface area contributed by atoms with E-state index in [0.717, 1.165) is 17.3 Å². The van der Waals surface area contributed by atoms with Crippen LogP contribution < -0.4 is 5.32 Å². The maximum absolute atomic E-state index is 12.6. The van der Waals surface area contributed by atoms with Crippen LogP contribution in [0.25, 0.3) is 0 Å². The van der Waals surface area contributed by atoms with Gasteiger partial charge in [0, 0.05) is 29.6 Å². The Hall–Kier alpha value is -0.140. The van der Waals surface area contributed by atoms with E-state index in [1.807, 2.05) is 0 Å². The molecule has 1 aromatic rings. The first-order valence-electron chi connectivity index (χ1n) is 6.57. The molecule has 2 saturated heterocycles. The van der Waals surface area contributed by atoms with Crippen molar-refractivity contribution in [3.8, 4) is 0 Å². The van der Waals surface area contributed by atoms with Crippen LogP contribution in [0.15, 0.2) is 33.6 Å². The van der Waals surface area contributed by atoms with Gasteiger partial charge in [0.2, 0.25) is 10.0 Å². The normalized spacial score (nSPS) is 26.9. The third kappa shape index (κ3) is 3.20. The second-order valence-electron chi connectivity index (χ2n) is 5.24. The molecule has 1 N–H and O–H groups in total. The first-order chi connectivity index (χ1) is 9.05. The molecular formula is C13H18BrClN2O2S. The molecule has 20 heavy (non-hydrogen) atoms. The number of sulfonamides is 1. The molecule has 0 spiro atoms. The third-order valence-electron chi connectivity index (χ3n) is 3.94. The quantitative estimate of drug-likeness (QED) is 0.856. The minimum absolute atomic E-state index is 0. The fraction of sp³-hybridized carbons (Fsp3) is 0.538. The number of benzene rings is 1. The molecule has 0 aromatic heterocycles. The van der Waals surface area contributed by atoms with E-state index in [4.69, 9.17) is 0 Å². The SMILES string of the molecule is Cl.O=S(=O)(c1ccc(Br)cc1)N1CCC2CCC(C1)N2. The van der Waals surface area contributed by atoms with Gasteiger partial charge < -0.3 is 5.32 Å². The van der Waals surface area contributed by atoms with Crippen molar-refractivity contribution in [1.29, 1.82) is 0 Å². The highest BCUT2D eigenvalue weighted by molar-refractivity contribution is 9.10. The number of nitrogens with one attached hydrogen (secondary N) is 1. The summed E-state index contributed by atoms with van der Waals surface area (Å²) in [6, 6.07) is 7.68. The van der Waals surface area contributed by atoms with Crippen LogP contribution in [0.2, 0.25) is 0 Å². The average Bonchev–Trinajstić information content (AvgIpc) is 2.69. The van der Waals surface area contributed by atoms with E-state index in [1.54, 1.807) is 28.6 Å². The smallest absolute Gasteiger partial charge is 0.243 e. The first-order valence-corrected chi connectivity index (χ1v) is 8.81. The van der Waals surface area contributed by atoms with Crippen molar-refractivity contribution < 1.29 is 8.42 Å². The van der Waals surface area contributed by atoms with E-state index in [2.05, 4.69) is 21.2 Å². The number of fused-ring (bicyclic) bond motifs is 2. The van der Waals surface area contributed by atoms with Gasteiger partial charge in [0.05, 0.1) is 4.90 Å². The zero-order valence-electron chi connectivity index (χ0n) is 11.0. The van der Waals surface area contributed by atoms with Crippen molar-refractivity contribution in [1.82, 2.24) is 9.62 Å². The summed E-state index contributed by atoms with van der Waals surface area (Å²) in [5.74, 6) is 0. The molecule has 2 aliphatic rings. The lowest BCUT2D eigenvalue weighted by Gasteiger charge is -2.23. The predicted octanol–water partition coefficient (Wildman–Crippen LogP) is 2.39. The molecule has 2 bridgehead atoms. The Morgan fingerprint density at radius 1 is 1.10 bits per heavy atom. The Kier molecular flexibility index (Phi) is 5.13. The first kappa shape index (κ1) is 16.2. The average molecular weight is 382 g/mol. The molecule has 2 atom stereocenters. The molecule has 0 aliphatic carbocycles. The highest BCUT2D eigenvalue weighted by Crippen LogP contribution is 2.25. The van der Waals surface area contributed by atoms with E-state index in [0.29, 0.717) is 30.1 Å². The van der Waals surface area contributed by atoms with Gasteiger partial charge in [0.1, 0.15) is 0 Å². The maximum Gasteiger partial charge on any atom is 0.243 e. The van der Waals surface area contributed by atoms with Crippen LogP contribution in [0.5, 0.6) is 0 Å². The van der Waals surface area contributed by atoms with Crippen LogP contribution in [0.3, 0.4) is 0 Å². The van der Waals surface area contributed by atoms with Crippen LogP contribution in [-0.2, 0) is 10.0 Å². The Labute approximate surface area is 134 Å². The minimum atomic E-state index is -3.35. The van der Waals surface area contributed by atoms with Crippen molar-refractivity contribution in [2.45, 2.75) is 36.2 Å². The van der Waals surface area contributed by atoms with Crippen LogP contribution in [0.1, 0.15) is 19.3 Å². The molecule has 1 aromatic carbocycles. The molecule has 0 amide bonds. The molecular weight excluding hydrogens is 364 g/mol. The largest absolute Gasteiger partial charge is 0.310 e. The Morgan fingerprint density at radius 2 is 1.75 bits per heavy atom. The number of nitrogens with zero attached hydrogens (tertiary/aromatic N) is 1. The van der Waals surface area contributed by atoms with E-state index >= 15 is 0 Å². The molecule has 0 saturated carbocycles. The lowest BCUT2D eigenvalue weighted by atomic mass is 10.1. The van der Waals surface area contributed by atoms with Gasteiger partial charge in [-0.25, -0.2) is 8.42 Å². The van der Waals surface area contributed by atoms with Crippen molar-refractivity contribution in [2.75, 3.05) is 13.1 Å². The fourth-order valence-electron chi connectivity index (χ4n) is 2.88. The van der Waals surface area contributed by atoms with E-state index < -0.39 is 10.0 Å². The van der Waals surface area contributed by atoms with Crippen molar-refractivity contribution in [2.24, 2.45) is 0 Å². The maximum atomic E-state index is 12.6. The Morgan fingerprint density at radius 3 is 2.45 bits per heavy atom. The molecule has 2 fully saturated rings. The number of rotatable bonds is 2. The highest BCUT2D eigenvalue weighted by Gasteiger charge is 2.34. The summed E-state index contributed by atoms with van der Waals surface area (Å²) in [5.41, 5.74) is 0. The van der Waals surface area contributed by atoms with E-state index in [-0.39, 0.29) is 12.4 Å². The zero-order valence-corrected chi connectivity index (χ0v) is 14.2. The van der Waals surface area contributed by atoms with Gasteiger partial charge in [0.15, 0.2) is 0 Å². The molecule has 3 rings (SSSR count). The van der Waals surface area contributed by atoms with Gasteiger partial charge >= 0.3 is 0 Å². The summed E-state index contributed by atoms with van der Waals surface area (Å²) in [7, 11) is -3.35. The summed E-state index contributed by atoms with van der Waals surface area (Å²) >= 11 is 3.33. The van der Waals surface area contributed by atoms with Crippen LogP contribution in [-0.4, -0.2) is 37.9 Å². The second kappa shape index (κ2) is 6.32. The third-order valence-corrected chi connectivity index (χ3v) is 6.35. The number of hydrogen-bond donors (Lipinski definition) is 1. The van der Waals surface area contributed by atoms with Gasteiger partial charge in [-0.3, -0.25) is 0 Å². The topological polar surface area (TPSA) is 49.4 Å². The zero-order chi connectivity index (χ0) is 13.5. The van der Waals surface area contributed by atoms with Crippen LogP contribution in [0, 0.1) is 0 Å². The number of hydrogen-bond acceptors (Lipinski definition) is 3. The summed E-state index contributed by atoms with van der Waals surface area (Å²) in [6.07, 6.45) is 3.17. The van der Waals surface area contributed by atoms with E-state index in [9.17, 15) is 8.42 Å². The Bertz CT molecular complexity index is 564. The van der Waals surface area contributed by atoms with Crippen molar-refractivity contribution >= 4 is 38.4 Å². The van der Waals surface area contributed by atoms with Gasteiger partial charge in [-0.2, -0.15) is 4.31 Å². The van der Waals surface area contributed by atoms with Gasteiger partial charge in [-0.15, -0.1) is 12.4 Å². The van der Waals surface area contributed by atoms with E-state index in [1.165, 1.54) is 6.42 Å². The lowest BCUT2D eigenvalue weighted by molar-refractivity contribution is 0.383. The minimum Gasteiger partial charge on any atom is -0.310 e. The number of halogens is 2. The highest BCUT2D eigenvalue weighted by atomic mass is 79.9. The molecule has 2 unspecified atom stereocenters. The van der Waals surface area contributed by atoms with Crippen LogP contribution in [0.4, 0.5) is 0 Å². The molecule has 4 nitrogen and oxygen atoms in total. The monoisotopic (exact) mass is 380 g/mol. The fourth-order valence-corrected chi connectivity index (χ4v) is 4.65. The standard InChI is InChI=1S/C13H17BrN2O2S.ClH/c14-10-1-5-13(6-2-10)19(17,18)16-8-7-11-3-4-12(9-16)15-11;/h1-2,5-6,11-12,15H,3-4,7-9H2;1H. The molecule has 2 heterocycles. The predicted molar refractivity (Wildman–Crippen MR) is 84.7 cm³/mol. The molecule has 7 heteroatoms. The summed E-state index contributed by atoms with van der Waals surface area (Å²) in [5, 5.41) is 3.50. The summed E-state index contributed by atoms with van der Waals surface area (Å²) in [6.45, 7) is 1.21. The molecule has 0 radical (unpaired) electrons.